The summed E-state index contributed by atoms with van der Waals surface area (Å²) in [5.41, 5.74) is 15.8. The number of hydrogen-bond acceptors (Lipinski definition) is 3. The van der Waals surface area contributed by atoms with Gasteiger partial charge in [-0.3, -0.25) is 0 Å². The Morgan fingerprint density at radius 1 is 0.426 bits per heavy atom. The van der Waals surface area contributed by atoms with Crippen molar-refractivity contribution < 1.29 is 4.74 Å². The first-order chi connectivity index (χ1) is 26.0. The summed E-state index contributed by atoms with van der Waals surface area (Å²) in [5.74, 6) is 2.10. The van der Waals surface area contributed by atoms with Crippen LogP contribution in [0.5, 0.6) is 11.5 Å². The van der Waals surface area contributed by atoms with E-state index >= 15 is 0 Å². The molecule has 1 nitrogen and oxygen atoms in total. The molecule has 0 saturated heterocycles. The van der Waals surface area contributed by atoms with E-state index in [9.17, 15) is 0 Å². The minimum Gasteiger partial charge on any atom is -0.456 e. The van der Waals surface area contributed by atoms with Crippen molar-refractivity contribution in [3.63, 3.8) is 0 Å². The lowest BCUT2D eigenvalue weighted by molar-refractivity contribution is 0.489. The van der Waals surface area contributed by atoms with Crippen molar-refractivity contribution in [2.24, 2.45) is 0 Å². The maximum atomic E-state index is 7.22. The summed E-state index contributed by atoms with van der Waals surface area (Å²) in [6.45, 7) is 14.4. The van der Waals surface area contributed by atoms with Gasteiger partial charge >= 0.3 is 0 Å². The van der Waals surface area contributed by atoms with Crippen molar-refractivity contribution in [2.45, 2.75) is 71.2 Å². The molecule has 54 heavy (non-hydrogen) atoms. The Bertz CT molecular complexity index is 2770. The van der Waals surface area contributed by atoms with Gasteiger partial charge in [0.2, 0.25) is 0 Å². The Kier molecular flexibility index (Phi) is 6.75. The van der Waals surface area contributed by atoms with Gasteiger partial charge in [0.05, 0.1) is 0 Å². The third-order valence-corrected chi connectivity index (χ3v) is 19.0. The van der Waals surface area contributed by atoms with E-state index in [0.717, 1.165) is 11.5 Å². The minimum atomic E-state index is -2.08. The average Bonchev–Trinajstić information content (AvgIpc) is 3.57. The van der Waals surface area contributed by atoms with E-state index in [1.54, 1.807) is 0 Å². The molecule has 0 radical (unpaired) electrons. The molecule has 11 rings (SSSR count). The molecular formula is C50H40OS2Si. The first-order valence-electron chi connectivity index (χ1n) is 19.0. The fraction of sp³-hybridized carbons (Fsp3) is 0.160. The normalized spacial score (nSPS) is 16.8. The second-order valence-electron chi connectivity index (χ2n) is 16.8. The van der Waals surface area contributed by atoms with Crippen molar-refractivity contribution in [1.82, 2.24) is 0 Å². The second-order valence-corrected chi connectivity index (χ2v) is 23.3. The molecule has 2 aliphatic heterocycles. The molecule has 2 aliphatic carbocycles. The van der Waals surface area contributed by atoms with Crippen LogP contribution in [-0.4, -0.2) is 8.07 Å². The zero-order valence-corrected chi connectivity index (χ0v) is 34.1. The molecule has 4 aliphatic rings. The molecule has 0 atom stereocenters. The van der Waals surface area contributed by atoms with Crippen LogP contribution in [0, 0.1) is 0 Å². The summed E-state index contributed by atoms with van der Waals surface area (Å²) < 4.78 is 7.22. The Morgan fingerprint density at radius 2 is 0.963 bits per heavy atom. The quantitative estimate of drug-likeness (QED) is 0.163. The molecule has 262 valence electrons. The van der Waals surface area contributed by atoms with Crippen molar-refractivity contribution in [2.75, 3.05) is 0 Å². The van der Waals surface area contributed by atoms with Crippen LogP contribution in [0.4, 0.5) is 0 Å². The highest BCUT2D eigenvalue weighted by atomic mass is 32.2. The highest BCUT2D eigenvalue weighted by molar-refractivity contribution is 8.05. The summed E-state index contributed by atoms with van der Waals surface area (Å²) in [6, 6.07) is 50.2. The molecule has 2 heterocycles. The van der Waals surface area contributed by atoms with Crippen molar-refractivity contribution in [1.29, 1.82) is 0 Å². The predicted molar refractivity (Wildman–Crippen MR) is 230 cm³/mol. The van der Waals surface area contributed by atoms with Crippen LogP contribution in [0.1, 0.15) is 49.9 Å². The summed E-state index contributed by atoms with van der Waals surface area (Å²) in [6.07, 6.45) is 0. The zero-order chi connectivity index (χ0) is 36.7. The maximum Gasteiger partial charge on any atom is 0.135 e. The fourth-order valence-electron chi connectivity index (χ4n) is 9.88. The lowest BCUT2D eigenvalue weighted by Gasteiger charge is -2.35. The van der Waals surface area contributed by atoms with Gasteiger partial charge < -0.3 is 4.74 Å². The lowest BCUT2D eigenvalue weighted by atomic mass is 9.82. The number of ether oxygens (including phenoxy) is 1. The van der Waals surface area contributed by atoms with E-state index < -0.39 is 8.07 Å². The molecule has 0 unspecified atom stereocenters. The van der Waals surface area contributed by atoms with E-state index in [2.05, 4.69) is 174 Å². The molecule has 0 amide bonds. The largest absolute Gasteiger partial charge is 0.456 e. The monoisotopic (exact) mass is 748 g/mol. The molecule has 0 bridgehead atoms. The van der Waals surface area contributed by atoms with Crippen LogP contribution in [-0.2, 0) is 10.8 Å². The highest BCUT2D eigenvalue weighted by Crippen LogP contribution is 2.60. The van der Waals surface area contributed by atoms with Gasteiger partial charge in [-0.05, 0) is 72.6 Å². The van der Waals surface area contributed by atoms with E-state index in [4.69, 9.17) is 4.74 Å². The van der Waals surface area contributed by atoms with E-state index in [1.807, 2.05) is 23.5 Å². The summed E-state index contributed by atoms with van der Waals surface area (Å²) in [4.78, 5) is 5.42. The highest BCUT2D eigenvalue weighted by Gasteiger charge is 2.44. The first kappa shape index (κ1) is 32.7. The third kappa shape index (κ3) is 4.31. The Morgan fingerprint density at radius 3 is 1.69 bits per heavy atom. The van der Waals surface area contributed by atoms with Crippen molar-refractivity contribution in [3.8, 4) is 56.0 Å². The summed E-state index contributed by atoms with van der Waals surface area (Å²) >= 11 is 3.87. The smallest absolute Gasteiger partial charge is 0.135 e. The van der Waals surface area contributed by atoms with Gasteiger partial charge in [-0.2, -0.15) is 0 Å². The standard InChI is InChI=1S/C50H40OS2Si/c1-49(2)35-17-9-7-13-33(35)43-37(49)26-28-42-46(43)51-45-31(15-12-20-41(45)54(42,5)6)29-21-23-30(24-22-29)32-16-11-19-39-47(32)53-48-40(52-39)27-25-38-44(48)34-14-8-10-18-36(34)50(38,3)4/h7-28H,1-6H3. The molecular weight excluding hydrogens is 709 g/mol. The second kappa shape index (κ2) is 11.2. The van der Waals surface area contributed by atoms with Gasteiger partial charge in [-0.15, -0.1) is 0 Å². The maximum absolute atomic E-state index is 7.22. The molecule has 0 N–H and O–H groups in total. The van der Waals surface area contributed by atoms with Crippen LogP contribution in [0.15, 0.2) is 153 Å². The molecule has 7 aromatic carbocycles. The number of hydrogen-bond donors (Lipinski definition) is 0. The van der Waals surface area contributed by atoms with Gasteiger partial charge in [-0.1, -0.05) is 186 Å². The molecule has 4 heteroatoms. The number of fused-ring (bicyclic) bond motifs is 12. The van der Waals surface area contributed by atoms with Crippen molar-refractivity contribution in [3.05, 3.63) is 156 Å². The Hall–Kier alpha value is -4.74. The first-order valence-corrected chi connectivity index (χ1v) is 23.6. The summed E-state index contributed by atoms with van der Waals surface area (Å²) in [5, 5.41) is 2.75. The van der Waals surface area contributed by atoms with Crippen LogP contribution in [0.2, 0.25) is 13.1 Å². The fourth-order valence-corrected chi connectivity index (χ4v) is 15.3. The van der Waals surface area contributed by atoms with Gasteiger partial charge in [0, 0.05) is 47.1 Å². The molecule has 0 spiro atoms. The average molecular weight is 749 g/mol. The SMILES string of the molecule is CC1(C)c2ccccc2-c2c1ccc1c2Oc2c(-c3ccc(-c4cccc5c4Sc4c(ccc6c4-c4ccccc4C6(C)C)S5)cc3)cccc2[Si]1(C)C. The van der Waals surface area contributed by atoms with Gasteiger partial charge in [-0.25, -0.2) is 0 Å². The topological polar surface area (TPSA) is 9.23 Å². The van der Waals surface area contributed by atoms with Crippen LogP contribution in [0.25, 0.3) is 44.5 Å². The minimum absolute atomic E-state index is 0.0109. The number of rotatable bonds is 2. The Balaban J connectivity index is 0.988. The van der Waals surface area contributed by atoms with Crippen molar-refractivity contribution >= 4 is 42.0 Å². The predicted octanol–water partition coefficient (Wildman–Crippen LogP) is 13.2. The lowest BCUT2D eigenvalue weighted by Crippen LogP contribution is -2.56. The molecule has 0 saturated carbocycles. The zero-order valence-electron chi connectivity index (χ0n) is 31.4. The third-order valence-electron chi connectivity index (χ3n) is 12.8. The van der Waals surface area contributed by atoms with Crippen LogP contribution < -0.4 is 15.1 Å². The molecule has 7 aromatic rings. The van der Waals surface area contributed by atoms with Gasteiger partial charge in [0.25, 0.3) is 0 Å². The van der Waals surface area contributed by atoms with Gasteiger partial charge in [0.15, 0.2) is 0 Å². The molecule has 0 aromatic heterocycles. The van der Waals surface area contributed by atoms with E-state index in [-0.39, 0.29) is 10.8 Å². The van der Waals surface area contributed by atoms with E-state index in [0.29, 0.717) is 0 Å². The van der Waals surface area contributed by atoms with Gasteiger partial charge in [0.1, 0.15) is 19.6 Å². The van der Waals surface area contributed by atoms with Crippen LogP contribution in [0.3, 0.4) is 0 Å². The van der Waals surface area contributed by atoms with E-state index in [1.165, 1.54) is 96.7 Å². The molecule has 0 fully saturated rings. The number of benzene rings is 7. The Labute approximate surface area is 327 Å². The van der Waals surface area contributed by atoms with Crippen LogP contribution >= 0.6 is 23.5 Å². The number of para-hydroxylation sites is 1. The summed E-state index contributed by atoms with van der Waals surface area (Å²) in [7, 11) is -2.08.